The largest absolute Gasteiger partial charge is 0.445 e. The summed E-state index contributed by atoms with van der Waals surface area (Å²) in [5, 5.41) is 8.65. The molecule has 0 saturated heterocycles. The average Bonchev–Trinajstić information content (AvgIpc) is 2.65. The molecule has 0 heterocycles. The number of unbranched alkanes of at least 4 members (excludes halogenated alkanes) is 1. The fourth-order valence-corrected chi connectivity index (χ4v) is 2.45. The highest BCUT2D eigenvalue weighted by molar-refractivity contribution is 5.67. The number of ether oxygens (including phenoxy) is 2. The molecule has 0 aliphatic rings. The Bertz CT molecular complexity index is 590. The third-order valence-electron chi connectivity index (χ3n) is 3.86. The molecule has 0 bridgehead atoms. The molecule has 0 saturated carbocycles. The maximum atomic E-state index is 11.6. The zero-order chi connectivity index (χ0) is 21.5. The summed E-state index contributed by atoms with van der Waals surface area (Å²) in [4.78, 5) is 23.1. The molecule has 164 valence electrons. The van der Waals surface area contributed by atoms with Crippen LogP contribution in [0.5, 0.6) is 0 Å². The lowest BCUT2D eigenvalue weighted by Gasteiger charge is -2.19. The van der Waals surface area contributed by atoms with Crippen LogP contribution < -0.4 is 21.7 Å². The van der Waals surface area contributed by atoms with Gasteiger partial charge in [0, 0.05) is 32.2 Å². The molecule has 1 aromatic rings. The lowest BCUT2D eigenvalue weighted by Crippen LogP contribution is -2.38. The van der Waals surface area contributed by atoms with Gasteiger partial charge in [0.1, 0.15) is 12.2 Å². The first-order valence-electron chi connectivity index (χ1n) is 10.1. The van der Waals surface area contributed by atoms with E-state index in [-0.39, 0.29) is 12.6 Å². The van der Waals surface area contributed by atoms with Gasteiger partial charge in [0.2, 0.25) is 0 Å². The van der Waals surface area contributed by atoms with Gasteiger partial charge in [0.05, 0.1) is 0 Å². The summed E-state index contributed by atoms with van der Waals surface area (Å²) in [6.07, 6.45) is 1.80. The van der Waals surface area contributed by atoms with Gasteiger partial charge in [-0.2, -0.15) is 0 Å². The minimum atomic E-state index is -0.481. The third kappa shape index (κ3) is 14.3. The van der Waals surface area contributed by atoms with E-state index in [1.165, 1.54) is 0 Å². The second kappa shape index (κ2) is 13.8. The molecule has 0 spiro atoms. The minimum absolute atomic E-state index is 0.0292. The first-order chi connectivity index (χ1) is 13.8. The van der Waals surface area contributed by atoms with Gasteiger partial charge in [-0.25, -0.2) is 9.59 Å². The molecular weight excluding hydrogens is 372 g/mol. The van der Waals surface area contributed by atoms with Crippen molar-refractivity contribution in [2.24, 2.45) is 5.73 Å². The molecule has 1 atom stereocenters. The molecule has 8 heteroatoms. The summed E-state index contributed by atoms with van der Waals surface area (Å²) < 4.78 is 10.3. The van der Waals surface area contributed by atoms with E-state index in [9.17, 15) is 9.59 Å². The van der Waals surface area contributed by atoms with E-state index in [1.54, 1.807) is 0 Å². The van der Waals surface area contributed by atoms with Gasteiger partial charge < -0.3 is 31.2 Å². The number of nitrogens with two attached hydrogens (primary N) is 1. The lowest BCUT2D eigenvalue weighted by molar-refractivity contribution is 0.0527. The molecule has 0 aromatic heterocycles. The molecule has 1 aromatic carbocycles. The van der Waals surface area contributed by atoms with Crippen molar-refractivity contribution in [2.45, 2.75) is 58.3 Å². The van der Waals surface area contributed by atoms with Crippen molar-refractivity contribution in [1.82, 2.24) is 16.0 Å². The maximum absolute atomic E-state index is 11.6. The van der Waals surface area contributed by atoms with Crippen LogP contribution in [0.1, 0.15) is 45.6 Å². The second-order valence-corrected chi connectivity index (χ2v) is 7.88. The molecule has 1 unspecified atom stereocenters. The molecule has 0 aliphatic heterocycles. The van der Waals surface area contributed by atoms with Crippen LogP contribution in [0.25, 0.3) is 0 Å². The summed E-state index contributed by atoms with van der Waals surface area (Å²) in [6.45, 7) is 8.10. The Balaban J connectivity index is 1.94. The molecule has 2 amide bonds. The van der Waals surface area contributed by atoms with E-state index in [4.69, 9.17) is 15.2 Å². The fraction of sp³-hybridized carbons (Fsp3) is 0.619. The highest BCUT2D eigenvalue weighted by Gasteiger charge is 2.15. The van der Waals surface area contributed by atoms with Crippen LogP contribution in [0.4, 0.5) is 9.59 Å². The van der Waals surface area contributed by atoms with Crippen molar-refractivity contribution in [3.63, 3.8) is 0 Å². The van der Waals surface area contributed by atoms with E-state index in [0.717, 1.165) is 24.8 Å². The molecule has 5 N–H and O–H groups in total. The monoisotopic (exact) mass is 408 g/mol. The maximum Gasteiger partial charge on any atom is 0.407 e. The van der Waals surface area contributed by atoms with Crippen LogP contribution in [0.15, 0.2) is 30.3 Å². The van der Waals surface area contributed by atoms with Crippen LogP contribution in [-0.4, -0.2) is 50.0 Å². The molecule has 29 heavy (non-hydrogen) atoms. The van der Waals surface area contributed by atoms with E-state index < -0.39 is 17.8 Å². The molecule has 0 aliphatic carbocycles. The SMILES string of the molecule is CC(C)(C)OC(=O)NCCCCC(N)CNCCNC(=O)OCc1ccccc1. The van der Waals surface area contributed by atoms with E-state index in [0.29, 0.717) is 26.2 Å². The van der Waals surface area contributed by atoms with Gasteiger partial charge in [-0.15, -0.1) is 0 Å². The highest BCUT2D eigenvalue weighted by atomic mass is 16.6. The highest BCUT2D eigenvalue weighted by Crippen LogP contribution is 2.06. The molecule has 8 nitrogen and oxygen atoms in total. The van der Waals surface area contributed by atoms with Crippen molar-refractivity contribution in [3.05, 3.63) is 35.9 Å². The van der Waals surface area contributed by atoms with Crippen molar-refractivity contribution in [1.29, 1.82) is 0 Å². The third-order valence-corrected chi connectivity index (χ3v) is 3.86. The van der Waals surface area contributed by atoms with Crippen LogP contribution >= 0.6 is 0 Å². The Morgan fingerprint density at radius 3 is 2.38 bits per heavy atom. The molecule has 0 fully saturated rings. The smallest absolute Gasteiger partial charge is 0.407 e. The van der Waals surface area contributed by atoms with Gasteiger partial charge in [0.25, 0.3) is 0 Å². The van der Waals surface area contributed by atoms with E-state index in [1.807, 2.05) is 51.1 Å². The number of hydrogen-bond acceptors (Lipinski definition) is 6. The summed E-state index contributed by atoms with van der Waals surface area (Å²) in [6, 6.07) is 9.57. The number of carbonyl (C=O) groups is 2. The zero-order valence-corrected chi connectivity index (χ0v) is 17.8. The predicted octanol–water partition coefficient (Wildman–Crippen LogP) is 2.52. The normalized spacial score (nSPS) is 12.1. The Kier molecular flexibility index (Phi) is 11.8. The number of alkyl carbamates (subject to hydrolysis) is 2. The Hall–Kier alpha value is -2.32. The van der Waals surface area contributed by atoms with Crippen molar-refractivity contribution in [3.8, 4) is 0 Å². The quantitative estimate of drug-likeness (QED) is 0.395. The van der Waals surface area contributed by atoms with Gasteiger partial charge >= 0.3 is 12.2 Å². The summed E-state index contributed by atoms with van der Waals surface area (Å²) >= 11 is 0. The molecule has 1 rings (SSSR count). The second-order valence-electron chi connectivity index (χ2n) is 7.88. The first kappa shape index (κ1) is 24.7. The fourth-order valence-electron chi connectivity index (χ4n) is 2.45. The number of hydrogen-bond donors (Lipinski definition) is 4. The van der Waals surface area contributed by atoms with Crippen molar-refractivity contribution < 1.29 is 19.1 Å². The number of amides is 2. The summed E-state index contributed by atoms with van der Waals surface area (Å²) in [5.41, 5.74) is 6.54. The van der Waals surface area contributed by atoms with Gasteiger partial charge in [0.15, 0.2) is 0 Å². The van der Waals surface area contributed by atoms with Crippen molar-refractivity contribution >= 4 is 12.2 Å². The standard InChI is InChI=1S/C21H36N4O4/c1-21(2,3)29-20(27)24-12-8-7-11-18(22)15-23-13-14-25-19(26)28-16-17-9-5-4-6-10-17/h4-6,9-10,18,23H,7-8,11-16,22H2,1-3H3,(H,24,27)(H,25,26). The Morgan fingerprint density at radius 1 is 1.00 bits per heavy atom. The Labute approximate surface area is 173 Å². The summed E-state index contributed by atoms with van der Waals surface area (Å²) in [7, 11) is 0. The molecular formula is C21H36N4O4. The number of carbonyl (C=O) groups excluding carboxylic acids is 2. The number of benzene rings is 1. The van der Waals surface area contributed by atoms with E-state index in [2.05, 4.69) is 16.0 Å². The predicted molar refractivity (Wildman–Crippen MR) is 114 cm³/mol. The van der Waals surface area contributed by atoms with Gasteiger partial charge in [-0.1, -0.05) is 36.8 Å². The molecule has 0 radical (unpaired) electrons. The van der Waals surface area contributed by atoms with Crippen molar-refractivity contribution in [2.75, 3.05) is 26.2 Å². The van der Waals surface area contributed by atoms with Crippen LogP contribution in [0, 0.1) is 0 Å². The van der Waals surface area contributed by atoms with E-state index >= 15 is 0 Å². The number of nitrogens with one attached hydrogen (secondary N) is 3. The topological polar surface area (TPSA) is 115 Å². The van der Waals surface area contributed by atoms with Crippen LogP contribution in [0.3, 0.4) is 0 Å². The Morgan fingerprint density at radius 2 is 1.69 bits per heavy atom. The summed E-state index contributed by atoms with van der Waals surface area (Å²) in [5.74, 6) is 0. The van der Waals surface area contributed by atoms with Gasteiger partial charge in [-0.3, -0.25) is 0 Å². The minimum Gasteiger partial charge on any atom is -0.445 e. The average molecular weight is 409 g/mol. The number of rotatable bonds is 12. The van der Waals surface area contributed by atoms with Crippen LogP contribution in [-0.2, 0) is 16.1 Å². The first-order valence-corrected chi connectivity index (χ1v) is 10.1. The van der Waals surface area contributed by atoms with Crippen LogP contribution in [0.2, 0.25) is 0 Å². The lowest BCUT2D eigenvalue weighted by atomic mass is 10.1. The van der Waals surface area contributed by atoms with Gasteiger partial charge in [-0.05, 0) is 39.2 Å². The zero-order valence-electron chi connectivity index (χ0n) is 17.8.